The number of esters is 1. The van der Waals surface area contributed by atoms with Crippen molar-refractivity contribution in [2.75, 3.05) is 14.2 Å². The van der Waals surface area contributed by atoms with Crippen LogP contribution in [0, 0.1) is 0 Å². The van der Waals surface area contributed by atoms with Gasteiger partial charge < -0.3 is 9.47 Å². The maximum Gasteiger partial charge on any atom is 0.325 e. The second-order valence-corrected chi connectivity index (χ2v) is 5.39. The molecule has 0 amide bonds. The standard InChI is InChI=1S/C7H10ClN3O5S/c1-15-4-5-9-10-7(17(8,13)14)11(5)3-6(12)16-2/h3-4H2,1-2H3. The van der Waals surface area contributed by atoms with E-state index in [9.17, 15) is 13.2 Å². The summed E-state index contributed by atoms with van der Waals surface area (Å²) in [6.45, 7) is -0.361. The molecule has 0 spiro atoms. The number of carbonyl (C=O) groups excluding carboxylic acids is 1. The molecule has 0 saturated carbocycles. The normalized spacial score (nSPS) is 11.5. The number of halogens is 1. The zero-order chi connectivity index (χ0) is 13.1. The van der Waals surface area contributed by atoms with E-state index in [0.717, 1.165) is 4.57 Å². The van der Waals surface area contributed by atoms with Crippen LogP contribution in [0.3, 0.4) is 0 Å². The maximum atomic E-state index is 11.2. The zero-order valence-electron chi connectivity index (χ0n) is 9.08. The fourth-order valence-electron chi connectivity index (χ4n) is 1.09. The SMILES string of the molecule is COCc1nnc(S(=O)(=O)Cl)n1CC(=O)OC. The van der Waals surface area contributed by atoms with Gasteiger partial charge in [-0.05, 0) is 0 Å². The van der Waals surface area contributed by atoms with E-state index in [2.05, 4.69) is 14.9 Å². The van der Waals surface area contributed by atoms with Crippen LogP contribution in [-0.2, 0) is 36.5 Å². The first-order valence-electron chi connectivity index (χ1n) is 4.32. The molecule has 17 heavy (non-hydrogen) atoms. The maximum absolute atomic E-state index is 11.2. The second kappa shape index (κ2) is 5.43. The molecule has 0 bridgehead atoms. The smallest absolute Gasteiger partial charge is 0.325 e. The lowest BCUT2D eigenvalue weighted by Crippen LogP contribution is -2.17. The molecule has 8 nitrogen and oxygen atoms in total. The summed E-state index contributed by atoms with van der Waals surface area (Å²) in [5, 5.41) is 6.46. The van der Waals surface area contributed by atoms with Crippen LogP contribution in [0.5, 0.6) is 0 Å². The number of rotatable bonds is 5. The Morgan fingerprint density at radius 3 is 2.53 bits per heavy atom. The Labute approximate surface area is 102 Å². The Morgan fingerprint density at radius 2 is 2.06 bits per heavy atom. The summed E-state index contributed by atoms with van der Waals surface area (Å²) >= 11 is 0. The summed E-state index contributed by atoms with van der Waals surface area (Å²) in [6.07, 6.45) is 0. The van der Waals surface area contributed by atoms with Gasteiger partial charge in [0.1, 0.15) is 13.2 Å². The van der Waals surface area contributed by atoms with Gasteiger partial charge in [-0.1, -0.05) is 0 Å². The van der Waals surface area contributed by atoms with Crippen LogP contribution in [0.25, 0.3) is 0 Å². The number of hydrogen-bond acceptors (Lipinski definition) is 7. The molecule has 0 N–H and O–H groups in total. The van der Waals surface area contributed by atoms with Crippen LogP contribution in [0.2, 0.25) is 0 Å². The highest BCUT2D eigenvalue weighted by molar-refractivity contribution is 8.13. The van der Waals surface area contributed by atoms with Crippen LogP contribution in [0.4, 0.5) is 0 Å². The molecule has 1 heterocycles. The Bertz CT molecular complexity index is 512. The average Bonchev–Trinajstić information content (AvgIpc) is 2.61. The quantitative estimate of drug-likeness (QED) is 0.531. The van der Waals surface area contributed by atoms with E-state index in [4.69, 9.17) is 15.4 Å². The first kappa shape index (κ1) is 13.9. The van der Waals surface area contributed by atoms with Gasteiger partial charge in [-0.3, -0.25) is 9.36 Å². The number of aromatic nitrogens is 3. The summed E-state index contributed by atoms with van der Waals surface area (Å²) in [6, 6.07) is 0. The molecular weight excluding hydrogens is 274 g/mol. The van der Waals surface area contributed by atoms with Gasteiger partial charge in [0.25, 0.3) is 14.2 Å². The number of carbonyl (C=O) groups is 1. The molecule has 0 aliphatic carbocycles. The first-order chi connectivity index (χ1) is 7.90. The molecule has 0 unspecified atom stereocenters. The fraction of sp³-hybridized carbons (Fsp3) is 0.571. The van der Waals surface area contributed by atoms with Gasteiger partial charge in [0.15, 0.2) is 5.82 Å². The molecule has 0 aliphatic heterocycles. The minimum Gasteiger partial charge on any atom is -0.468 e. The van der Waals surface area contributed by atoms with E-state index < -0.39 is 20.2 Å². The van der Waals surface area contributed by atoms with E-state index in [1.165, 1.54) is 14.2 Å². The van der Waals surface area contributed by atoms with Crippen LogP contribution < -0.4 is 0 Å². The fourth-order valence-corrected chi connectivity index (χ4v) is 2.00. The van der Waals surface area contributed by atoms with E-state index in [1.807, 2.05) is 0 Å². The van der Waals surface area contributed by atoms with Crippen molar-refractivity contribution < 1.29 is 22.7 Å². The molecule has 1 aromatic rings. The number of ether oxygens (including phenoxy) is 2. The third-order valence-electron chi connectivity index (χ3n) is 1.80. The Morgan fingerprint density at radius 1 is 1.41 bits per heavy atom. The van der Waals surface area contributed by atoms with Crippen molar-refractivity contribution in [2.45, 2.75) is 18.3 Å². The predicted octanol–water partition coefficient (Wildman–Crippen LogP) is -0.475. The van der Waals surface area contributed by atoms with Crippen molar-refractivity contribution in [2.24, 2.45) is 0 Å². The summed E-state index contributed by atoms with van der Waals surface area (Å²) in [7, 11) is 3.65. The van der Waals surface area contributed by atoms with E-state index in [0.29, 0.717) is 0 Å². The molecule has 0 fully saturated rings. The molecule has 96 valence electrons. The topological polar surface area (TPSA) is 100 Å². The molecule has 0 atom stereocenters. The zero-order valence-corrected chi connectivity index (χ0v) is 10.7. The molecule has 0 radical (unpaired) electrons. The minimum atomic E-state index is -4.09. The van der Waals surface area contributed by atoms with Crippen LogP contribution in [-0.4, -0.2) is 43.4 Å². The summed E-state index contributed by atoms with van der Waals surface area (Å²) in [5.41, 5.74) is 0. The number of nitrogens with zero attached hydrogens (tertiary/aromatic N) is 3. The van der Waals surface area contributed by atoms with Gasteiger partial charge in [-0.2, -0.15) is 0 Å². The highest BCUT2D eigenvalue weighted by Gasteiger charge is 2.24. The van der Waals surface area contributed by atoms with Crippen molar-refractivity contribution in [1.29, 1.82) is 0 Å². The van der Waals surface area contributed by atoms with Crippen molar-refractivity contribution in [1.82, 2.24) is 14.8 Å². The predicted molar refractivity (Wildman–Crippen MR) is 55.8 cm³/mol. The third kappa shape index (κ3) is 3.38. The highest BCUT2D eigenvalue weighted by atomic mass is 35.7. The summed E-state index contributed by atoms with van der Waals surface area (Å²) < 4.78 is 32.6. The van der Waals surface area contributed by atoms with Gasteiger partial charge in [0, 0.05) is 17.8 Å². The molecule has 0 saturated heterocycles. The van der Waals surface area contributed by atoms with E-state index in [-0.39, 0.29) is 19.0 Å². The van der Waals surface area contributed by atoms with E-state index in [1.54, 1.807) is 0 Å². The third-order valence-corrected chi connectivity index (χ3v) is 2.95. The molecular formula is C7H10ClN3O5S. The van der Waals surface area contributed by atoms with Gasteiger partial charge in [-0.25, -0.2) is 8.42 Å². The van der Waals surface area contributed by atoms with Crippen molar-refractivity contribution >= 4 is 25.7 Å². The molecule has 0 aromatic carbocycles. The largest absolute Gasteiger partial charge is 0.468 e. The lowest BCUT2D eigenvalue weighted by molar-refractivity contribution is -0.141. The van der Waals surface area contributed by atoms with Gasteiger partial charge in [0.05, 0.1) is 7.11 Å². The Kier molecular flexibility index (Phi) is 4.43. The number of methoxy groups -OCH3 is 2. The molecule has 10 heteroatoms. The van der Waals surface area contributed by atoms with Gasteiger partial charge >= 0.3 is 5.97 Å². The lowest BCUT2D eigenvalue weighted by atomic mass is 10.5. The second-order valence-electron chi connectivity index (χ2n) is 2.93. The van der Waals surface area contributed by atoms with Crippen LogP contribution in [0.15, 0.2) is 5.16 Å². The van der Waals surface area contributed by atoms with E-state index >= 15 is 0 Å². The monoisotopic (exact) mass is 283 g/mol. The van der Waals surface area contributed by atoms with Crippen LogP contribution >= 0.6 is 10.7 Å². The Balaban J connectivity index is 3.19. The molecule has 1 aromatic heterocycles. The highest BCUT2D eigenvalue weighted by Crippen LogP contribution is 2.14. The first-order valence-corrected chi connectivity index (χ1v) is 6.63. The lowest BCUT2D eigenvalue weighted by Gasteiger charge is -2.06. The Hall–Kier alpha value is -1.19. The number of hydrogen-bond donors (Lipinski definition) is 0. The van der Waals surface area contributed by atoms with Crippen LogP contribution in [0.1, 0.15) is 5.82 Å². The molecule has 0 aliphatic rings. The average molecular weight is 284 g/mol. The summed E-state index contributed by atoms with van der Waals surface area (Å²) in [5.74, 6) is -0.485. The van der Waals surface area contributed by atoms with Crippen molar-refractivity contribution in [3.8, 4) is 0 Å². The summed E-state index contributed by atoms with van der Waals surface area (Å²) in [4.78, 5) is 11.1. The van der Waals surface area contributed by atoms with Crippen molar-refractivity contribution in [3.63, 3.8) is 0 Å². The van der Waals surface area contributed by atoms with Gasteiger partial charge in [-0.15, -0.1) is 10.2 Å². The minimum absolute atomic E-state index is 0.00357. The van der Waals surface area contributed by atoms with Gasteiger partial charge in [0.2, 0.25) is 0 Å². The van der Waals surface area contributed by atoms with Crippen molar-refractivity contribution in [3.05, 3.63) is 5.82 Å². The molecule has 1 rings (SSSR count).